The van der Waals surface area contributed by atoms with Gasteiger partial charge in [-0.25, -0.2) is 0 Å². The Balaban J connectivity index is 2.36. The third-order valence-corrected chi connectivity index (χ3v) is 2.56. The average molecular weight is 177 g/mol. The van der Waals surface area contributed by atoms with Gasteiger partial charge in [-0.05, 0) is 31.4 Å². The van der Waals surface area contributed by atoms with Crippen LogP contribution in [0.3, 0.4) is 0 Å². The minimum Gasteiger partial charge on any atom is -0.481 e. The molecule has 0 spiro atoms. The third kappa shape index (κ3) is 1.20. The quantitative estimate of drug-likeness (QED) is 0.744. The molecule has 0 unspecified atom stereocenters. The average Bonchev–Trinajstić information content (AvgIpc) is 2.86. The van der Waals surface area contributed by atoms with Crippen molar-refractivity contribution in [1.29, 1.82) is 0 Å². The highest BCUT2D eigenvalue weighted by atomic mass is 16.4. The molecule has 3 nitrogen and oxygen atoms in total. The molecule has 0 aliphatic heterocycles. The molecule has 0 saturated heterocycles. The lowest BCUT2D eigenvalue weighted by atomic mass is 10.0. The molecule has 1 fully saturated rings. The number of hydrogen-bond donors (Lipinski definition) is 1. The van der Waals surface area contributed by atoms with Gasteiger partial charge in [0.15, 0.2) is 0 Å². The van der Waals surface area contributed by atoms with Crippen molar-refractivity contribution in [2.75, 3.05) is 0 Å². The molecule has 1 aliphatic rings. The van der Waals surface area contributed by atoms with Gasteiger partial charge in [0.05, 0.1) is 5.69 Å². The lowest BCUT2D eigenvalue weighted by Crippen LogP contribution is -2.20. The van der Waals surface area contributed by atoms with Gasteiger partial charge in [0, 0.05) is 6.20 Å². The van der Waals surface area contributed by atoms with Gasteiger partial charge >= 0.3 is 5.97 Å². The van der Waals surface area contributed by atoms with Crippen LogP contribution in [0.4, 0.5) is 0 Å². The van der Waals surface area contributed by atoms with Crippen molar-refractivity contribution in [2.24, 2.45) is 0 Å². The van der Waals surface area contributed by atoms with Crippen LogP contribution >= 0.6 is 0 Å². The summed E-state index contributed by atoms with van der Waals surface area (Å²) in [6.07, 6.45) is 3.16. The van der Waals surface area contributed by atoms with Crippen molar-refractivity contribution in [3.05, 3.63) is 29.6 Å². The first-order valence-corrected chi connectivity index (χ1v) is 4.32. The summed E-state index contributed by atoms with van der Waals surface area (Å²) in [6, 6.07) is 3.72. The fourth-order valence-corrected chi connectivity index (χ4v) is 1.46. The fraction of sp³-hybridized carbons (Fsp3) is 0.400. The Labute approximate surface area is 76.4 Å². The largest absolute Gasteiger partial charge is 0.481 e. The van der Waals surface area contributed by atoms with Gasteiger partial charge in [0.2, 0.25) is 0 Å². The van der Waals surface area contributed by atoms with Crippen molar-refractivity contribution < 1.29 is 9.90 Å². The summed E-state index contributed by atoms with van der Waals surface area (Å²) in [5, 5.41) is 8.99. The smallest absolute Gasteiger partial charge is 0.315 e. The van der Waals surface area contributed by atoms with Crippen LogP contribution in [0, 0.1) is 6.92 Å². The Morgan fingerprint density at radius 1 is 1.54 bits per heavy atom. The van der Waals surface area contributed by atoms with Gasteiger partial charge in [-0.1, -0.05) is 6.07 Å². The number of aryl methyl sites for hydroxylation is 1. The second kappa shape index (κ2) is 2.55. The van der Waals surface area contributed by atoms with Crippen molar-refractivity contribution in [3.63, 3.8) is 0 Å². The first-order valence-electron chi connectivity index (χ1n) is 4.32. The molecule has 1 saturated carbocycles. The van der Waals surface area contributed by atoms with Crippen LogP contribution in [-0.4, -0.2) is 16.1 Å². The van der Waals surface area contributed by atoms with Crippen LogP contribution in [-0.2, 0) is 10.2 Å². The SMILES string of the molecule is Cc1ccc(C2(C(=O)O)CC2)nc1. The molecule has 1 heterocycles. The molecular formula is C10H11NO2. The van der Waals surface area contributed by atoms with Gasteiger partial charge in [0.25, 0.3) is 0 Å². The van der Waals surface area contributed by atoms with Gasteiger partial charge in [-0.2, -0.15) is 0 Å². The summed E-state index contributed by atoms with van der Waals surface area (Å²) in [7, 11) is 0. The number of rotatable bonds is 2. The summed E-state index contributed by atoms with van der Waals surface area (Å²) < 4.78 is 0. The van der Waals surface area contributed by atoms with E-state index in [1.54, 1.807) is 6.20 Å². The molecule has 1 N–H and O–H groups in total. The highest BCUT2D eigenvalue weighted by Gasteiger charge is 2.52. The lowest BCUT2D eigenvalue weighted by Gasteiger charge is -2.08. The van der Waals surface area contributed by atoms with Crippen LogP contribution in [0.15, 0.2) is 18.3 Å². The number of carbonyl (C=O) groups is 1. The number of pyridine rings is 1. The van der Waals surface area contributed by atoms with E-state index in [4.69, 9.17) is 5.11 Å². The maximum absolute atomic E-state index is 10.9. The molecule has 0 radical (unpaired) electrons. The van der Waals surface area contributed by atoms with E-state index in [-0.39, 0.29) is 0 Å². The zero-order valence-corrected chi connectivity index (χ0v) is 7.45. The predicted octanol–water partition coefficient (Wildman–Crippen LogP) is 1.51. The molecule has 0 aromatic carbocycles. The molecule has 0 bridgehead atoms. The molecule has 0 atom stereocenters. The van der Waals surface area contributed by atoms with Crippen molar-refractivity contribution in [2.45, 2.75) is 25.2 Å². The molecule has 13 heavy (non-hydrogen) atoms. The van der Waals surface area contributed by atoms with Crippen LogP contribution in [0.25, 0.3) is 0 Å². The molecule has 0 amide bonds. The van der Waals surface area contributed by atoms with Gasteiger partial charge < -0.3 is 5.11 Å². The third-order valence-electron chi connectivity index (χ3n) is 2.56. The van der Waals surface area contributed by atoms with E-state index in [1.165, 1.54) is 0 Å². The number of hydrogen-bond acceptors (Lipinski definition) is 2. The maximum atomic E-state index is 10.9. The Hall–Kier alpha value is -1.38. The number of carboxylic acids is 1. The van der Waals surface area contributed by atoms with Crippen LogP contribution in [0.1, 0.15) is 24.1 Å². The Bertz CT molecular complexity index is 338. The van der Waals surface area contributed by atoms with E-state index in [0.29, 0.717) is 5.69 Å². The lowest BCUT2D eigenvalue weighted by molar-refractivity contribution is -0.140. The molecule has 1 aliphatic carbocycles. The van der Waals surface area contributed by atoms with Gasteiger partial charge in [-0.3, -0.25) is 9.78 Å². The summed E-state index contributed by atoms with van der Waals surface area (Å²) in [5.74, 6) is -0.746. The minimum absolute atomic E-state index is 0.659. The number of carboxylic acid groups (broad SMARTS) is 1. The van der Waals surface area contributed by atoms with Gasteiger partial charge in [-0.15, -0.1) is 0 Å². The normalized spacial score (nSPS) is 18.2. The predicted molar refractivity (Wildman–Crippen MR) is 47.5 cm³/mol. The first kappa shape index (κ1) is 8.23. The van der Waals surface area contributed by atoms with Crippen LogP contribution < -0.4 is 0 Å². The number of aliphatic carboxylic acids is 1. The van der Waals surface area contributed by atoms with Crippen LogP contribution in [0.2, 0.25) is 0 Å². The topological polar surface area (TPSA) is 50.2 Å². The summed E-state index contributed by atoms with van der Waals surface area (Å²) in [4.78, 5) is 15.1. The number of aromatic nitrogens is 1. The summed E-state index contributed by atoms with van der Waals surface area (Å²) >= 11 is 0. The van der Waals surface area contributed by atoms with Crippen molar-refractivity contribution in [1.82, 2.24) is 4.98 Å². The van der Waals surface area contributed by atoms with Gasteiger partial charge in [0.1, 0.15) is 5.41 Å². The van der Waals surface area contributed by atoms with E-state index < -0.39 is 11.4 Å². The van der Waals surface area contributed by atoms with E-state index in [2.05, 4.69) is 4.98 Å². The standard InChI is InChI=1S/C10H11NO2/c1-7-2-3-8(11-6-7)10(4-5-10)9(12)13/h2-3,6H,4-5H2,1H3,(H,12,13). The van der Waals surface area contributed by atoms with E-state index in [9.17, 15) is 4.79 Å². The fourth-order valence-electron chi connectivity index (χ4n) is 1.46. The van der Waals surface area contributed by atoms with Crippen molar-refractivity contribution >= 4 is 5.97 Å². The molecular weight excluding hydrogens is 166 g/mol. The summed E-state index contributed by atoms with van der Waals surface area (Å²) in [6.45, 7) is 1.94. The Morgan fingerprint density at radius 3 is 2.62 bits per heavy atom. The Morgan fingerprint density at radius 2 is 2.23 bits per heavy atom. The van der Waals surface area contributed by atoms with Crippen LogP contribution in [0.5, 0.6) is 0 Å². The van der Waals surface area contributed by atoms with E-state index >= 15 is 0 Å². The first-order chi connectivity index (χ1) is 6.15. The highest BCUT2D eigenvalue weighted by molar-refractivity contribution is 5.84. The molecule has 2 rings (SSSR count). The highest BCUT2D eigenvalue weighted by Crippen LogP contribution is 2.47. The Kier molecular flexibility index (Phi) is 1.62. The van der Waals surface area contributed by atoms with E-state index in [0.717, 1.165) is 18.4 Å². The molecule has 1 aromatic rings. The number of nitrogens with zero attached hydrogens (tertiary/aromatic N) is 1. The molecule has 1 aromatic heterocycles. The zero-order chi connectivity index (χ0) is 9.47. The summed E-state index contributed by atoms with van der Waals surface area (Å²) in [5.41, 5.74) is 1.10. The van der Waals surface area contributed by atoms with E-state index in [1.807, 2.05) is 19.1 Å². The zero-order valence-electron chi connectivity index (χ0n) is 7.45. The monoisotopic (exact) mass is 177 g/mol. The second-order valence-electron chi connectivity index (χ2n) is 3.61. The van der Waals surface area contributed by atoms with Crippen molar-refractivity contribution in [3.8, 4) is 0 Å². The maximum Gasteiger partial charge on any atom is 0.315 e. The molecule has 3 heteroatoms. The molecule has 68 valence electrons. The second-order valence-corrected chi connectivity index (χ2v) is 3.61. The minimum atomic E-state index is -0.746.